The quantitative estimate of drug-likeness (QED) is 0.268. The van der Waals surface area contributed by atoms with Crippen molar-refractivity contribution in [3.63, 3.8) is 0 Å². The second kappa shape index (κ2) is 9.47. The Morgan fingerprint density at radius 3 is 1.61 bits per heavy atom. The molecule has 1 saturated heterocycles. The lowest BCUT2D eigenvalue weighted by molar-refractivity contribution is -0.384. The minimum Gasteiger partial charge on any atom is -0.382 e. The highest BCUT2D eigenvalue weighted by molar-refractivity contribution is 6.14. The van der Waals surface area contributed by atoms with Gasteiger partial charge in [-0.05, 0) is 0 Å². The van der Waals surface area contributed by atoms with Gasteiger partial charge < -0.3 is 29.9 Å². The molecule has 9 heteroatoms. The topological polar surface area (TPSA) is 151 Å². The number of rotatable bonds is 8. The number of aliphatic hydroxyl groups excluding tert-OH is 1. The molecule has 1 aliphatic rings. The summed E-state index contributed by atoms with van der Waals surface area (Å²) in [5, 5.41) is 46.0. The molecule has 186 valence electrons. The molecule has 5 atom stereocenters. The number of carbonyl (C=O) groups is 3. The molecule has 0 saturated carbocycles. The summed E-state index contributed by atoms with van der Waals surface area (Å²) in [7, 11) is 0.866. The zero-order chi connectivity index (χ0) is 26.1. The Hall–Kier alpha value is -3.57. The van der Waals surface area contributed by atoms with Crippen LogP contribution < -0.4 is 0 Å². The van der Waals surface area contributed by atoms with Gasteiger partial charge in [0.25, 0.3) is 0 Å². The van der Waals surface area contributed by atoms with Crippen molar-refractivity contribution >= 4 is 17.3 Å². The highest BCUT2D eigenvalue weighted by atomic mass is 16.8. The third-order valence-electron chi connectivity index (χ3n) is 6.34. The van der Waals surface area contributed by atoms with Gasteiger partial charge in [0.1, 0.15) is 12.2 Å². The van der Waals surface area contributed by atoms with Gasteiger partial charge in [-0.2, -0.15) is 0 Å². The maximum absolute atomic E-state index is 13.8. The standard InChI is InChI=1S/C27H24O9/c1-35-27(34)26(33,23(31)19-15-9-4-10-16-19)25(32,22(30)18-13-7-3-8-14-18)24(36-27)21(29)20(28)17-11-5-2-6-12-17/h2-16,21,24,29,32-34H,1H3/t21?,24-,25-,26+,27?/m0/s1. The largest absolute Gasteiger partial charge is 0.382 e. The zero-order valence-corrected chi connectivity index (χ0v) is 19.1. The molecule has 9 nitrogen and oxygen atoms in total. The highest BCUT2D eigenvalue weighted by Crippen LogP contribution is 2.50. The second-order valence-electron chi connectivity index (χ2n) is 8.37. The van der Waals surface area contributed by atoms with Gasteiger partial charge in [-0.1, -0.05) is 91.0 Å². The van der Waals surface area contributed by atoms with Gasteiger partial charge in [-0.3, -0.25) is 14.4 Å². The van der Waals surface area contributed by atoms with Crippen molar-refractivity contribution < 1.29 is 44.3 Å². The van der Waals surface area contributed by atoms with Gasteiger partial charge in [0.2, 0.25) is 22.8 Å². The van der Waals surface area contributed by atoms with E-state index in [0.29, 0.717) is 0 Å². The Labute approximate surface area is 206 Å². The van der Waals surface area contributed by atoms with Gasteiger partial charge in [0.15, 0.2) is 5.78 Å². The van der Waals surface area contributed by atoms with Crippen LogP contribution in [0.1, 0.15) is 31.1 Å². The van der Waals surface area contributed by atoms with E-state index >= 15 is 0 Å². The molecule has 2 unspecified atom stereocenters. The number of benzene rings is 3. The van der Waals surface area contributed by atoms with Crippen LogP contribution in [0.4, 0.5) is 0 Å². The molecule has 0 spiro atoms. The molecule has 3 aromatic rings. The summed E-state index contributed by atoms with van der Waals surface area (Å²) in [6.45, 7) is 0. The summed E-state index contributed by atoms with van der Waals surface area (Å²) in [4.78, 5) is 40.5. The molecular formula is C27H24O9. The van der Waals surface area contributed by atoms with E-state index in [1.807, 2.05) is 0 Å². The Bertz CT molecular complexity index is 1260. The Balaban J connectivity index is 1.94. The van der Waals surface area contributed by atoms with Crippen LogP contribution in [0, 0.1) is 0 Å². The first-order valence-electron chi connectivity index (χ1n) is 11.0. The van der Waals surface area contributed by atoms with E-state index in [0.717, 1.165) is 7.11 Å². The molecule has 1 fully saturated rings. The lowest BCUT2D eigenvalue weighted by atomic mass is 9.69. The van der Waals surface area contributed by atoms with Crippen LogP contribution in [0.3, 0.4) is 0 Å². The number of carbonyl (C=O) groups excluding carboxylic acids is 3. The zero-order valence-electron chi connectivity index (χ0n) is 19.1. The predicted molar refractivity (Wildman–Crippen MR) is 125 cm³/mol. The molecule has 0 aliphatic carbocycles. The molecule has 0 bridgehead atoms. The fourth-order valence-electron chi connectivity index (χ4n) is 4.41. The number of methoxy groups -OCH3 is 1. The minimum absolute atomic E-state index is 0.00566. The Morgan fingerprint density at radius 1 is 0.750 bits per heavy atom. The van der Waals surface area contributed by atoms with Crippen LogP contribution in [0.5, 0.6) is 0 Å². The average molecular weight is 492 g/mol. The molecule has 3 aromatic carbocycles. The lowest BCUT2D eigenvalue weighted by Gasteiger charge is -2.40. The van der Waals surface area contributed by atoms with Gasteiger partial charge in [0.05, 0.1) is 0 Å². The molecule has 36 heavy (non-hydrogen) atoms. The van der Waals surface area contributed by atoms with Crippen LogP contribution in [0.15, 0.2) is 91.0 Å². The molecule has 4 N–H and O–H groups in total. The molecule has 0 amide bonds. The number of Topliss-reactive ketones (excluding diaryl/α,β-unsaturated/α-hetero) is 3. The van der Waals surface area contributed by atoms with E-state index in [2.05, 4.69) is 0 Å². The van der Waals surface area contributed by atoms with Crippen molar-refractivity contribution in [1.29, 1.82) is 0 Å². The molecular weight excluding hydrogens is 468 g/mol. The van der Waals surface area contributed by atoms with Crippen molar-refractivity contribution in [3.8, 4) is 0 Å². The molecule has 4 rings (SSSR count). The number of ketones is 3. The van der Waals surface area contributed by atoms with E-state index in [1.165, 1.54) is 72.8 Å². The third kappa shape index (κ3) is 3.70. The highest BCUT2D eigenvalue weighted by Gasteiger charge is 2.82. The first-order valence-corrected chi connectivity index (χ1v) is 11.0. The number of ether oxygens (including phenoxy) is 2. The number of hydrogen-bond donors (Lipinski definition) is 4. The van der Waals surface area contributed by atoms with Crippen molar-refractivity contribution in [2.24, 2.45) is 0 Å². The number of aliphatic hydroxyl groups is 4. The van der Waals surface area contributed by atoms with Gasteiger partial charge in [-0.15, -0.1) is 0 Å². The maximum Gasteiger partial charge on any atom is 0.322 e. The normalized spacial score (nSPS) is 28.4. The van der Waals surface area contributed by atoms with E-state index in [1.54, 1.807) is 18.2 Å². The summed E-state index contributed by atoms with van der Waals surface area (Å²) < 4.78 is 10.3. The van der Waals surface area contributed by atoms with Crippen LogP contribution in [-0.4, -0.2) is 74.3 Å². The van der Waals surface area contributed by atoms with Gasteiger partial charge in [0, 0.05) is 23.8 Å². The maximum atomic E-state index is 13.8. The lowest BCUT2D eigenvalue weighted by Crippen LogP contribution is -2.72. The van der Waals surface area contributed by atoms with E-state index in [-0.39, 0.29) is 16.7 Å². The fraction of sp³-hybridized carbons (Fsp3) is 0.222. The summed E-state index contributed by atoms with van der Waals surface area (Å²) in [6, 6.07) is 21.6. The molecule has 1 heterocycles. The van der Waals surface area contributed by atoms with Crippen LogP contribution in [-0.2, 0) is 9.47 Å². The minimum atomic E-state index is -3.51. The van der Waals surface area contributed by atoms with Crippen molar-refractivity contribution in [2.45, 2.75) is 29.4 Å². The molecule has 0 radical (unpaired) electrons. The molecule has 0 aromatic heterocycles. The van der Waals surface area contributed by atoms with Crippen molar-refractivity contribution in [3.05, 3.63) is 108 Å². The second-order valence-corrected chi connectivity index (χ2v) is 8.37. The summed E-state index contributed by atoms with van der Waals surface area (Å²) >= 11 is 0. The van der Waals surface area contributed by atoms with E-state index in [4.69, 9.17) is 9.47 Å². The molecule has 1 aliphatic heterocycles. The van der Waals surface area contributed by atoms with Gasteiger partial charge >= 0.3 is 5.97 Å². The van der Waals surface area contributed by atoms with Crippen molar-refractivity contribution in [2.75, 3.05) is 7.11 Å². The van der Waals surface area contributed by atoms with Gasteiger partial charge in [-0.25, -0.2) is 0 Å². The van der Waals surface area contributed by atoms with Crippen LogP contribution in [0.25, 0.3) is 0 Å². The summed E-state index contributed by atoms with van der Waals surface area (Å²) in [5.41, 5.74) is -7.29. The van der Waals surface area contributed by atoms with E-state index in [9.17, 15) is 34.8 Å². The predicted octanol–water partition coefficient (Wildman–Crippen LogP) is 1.15. The third-order valence-corrected chi connectivity index (χ3v) is 6.34. The first-order chi connectivity index (χ1) is 17.1. The SMILES string of the molecule is COC1(O)O[C@@H](C(O)C(=O)c2ccccc2)[C@@](O)(C(=O)c2ccccc2)[C@]1(O)C(=O)c1ccccc1. The fourth-order valence-corrected chi connectivity index (χ4v) is 4.41. The van der Waals surface area contributed by atoms with Crippen molar-refractivity contribution in [1.82, 2.24) is 0 Å². The Kier molecular flexibility index (Phi) is 6.72. The first kappa shape index (κ1) is 25.5. The Morgan fingerprint density at radius 2 is 1.17 bits per heavy atom. The average Bonchev–Trinajstić information content (AvgIpc) is 3.12. The summed E-state index contributed by atoms with van der Waals surface area (Å²) in [6.07, 6.45) is -4.62. The number of hydrogen-bond acceptors (Lipinski definition) is 9. The summed E-state index contributed by atoms with van der Waals surface area (Å²) in [5.74, 6) is -6.94. The monoisotopic (exact) mass is 492 g/mol. The van der Waals surface area contributed by atoms with Crippen LogP contribution >= 0.6 is 0 Å². The van der Waals surface area contributed by atoms with Crippen LogP contribution in [0.2, 0.25) is 0 Å². The smallest absolute Gasteiger partial charge is 0.322 e. The van der Waals surface area contributed by atoms with E-state index < -0.39 is 46.7 Å².